The topological polar surface area (TPSA) is 48.5 Å². The van der Waals surface area contributed by atoms with Crippen LogP contribution in [0.2, 0.25) is 0 Å². The van der Waals surface area contributed by atoms with Gasteiger partial charge in [0.15, 0.2) is 5.82 Å². The molecule has 4 heterocycles. The lowest BCUT2D eigenvalue weighted by atomic mass is 9.94. The van der Waals surface area contributed by atoms with Crippen molar-refractivity contribution in [1.82, 2.24) is 24.1 Å². The van der Waals surface area contributed by atoms with E-state index in [2.05, 4.69) is 252 Å². The monoisotopic (exact) mass is 891 g/mol. The van der Waals surface area contributed by atoms with E-state index in [-0.39, 0.29) is 0 Å². The molecule has 14 aromatic rings. The summed E-state index contributed by atoms with van der Waals surface area (Å²) in [5, 5.41) is 8.38. The molecule has 14 rings (SSSR count). The molecule has 0 N–H and O–H groups in total. The Bertz CT molecular complexity index is 4250. The lowest BCUT2D eigenvalue weighted by molar-refractivity contribution is 1.16. The molecule has 0 fully saturated rings. The van der Waals surface area contributed by atoms with Gasteiger partial charge >= 0.3 is 0 Å². The molecular weight excluding hydrogens is 851 g/mol. The van der Waals surface area contributed by atoms with E-state index in [1.54, 1.807) is 0 Å². The quantitative estimate of drug-likeness (QED) is 0.150. The van der Waals surface area contributed by atoms with E-state index < -0.39 is 0 Å². The van der Waals surface area contributed by atoms with Gasteiger partial charge in [-0.2, -0.15) is 0 Å². The van der Waals surface area contributed by atoms with Gasteiger partial charge in [-0.25, -0.2) is 15.0 Å². The van der Waals surface area contributed by atoms with E-state index in [0.29, 0.717) is 5.82 Å². The summed E-state index contributed by atoms with van der Waals surface area (Å²) in [5.41, 5.74) is 16.9. The summed E-state index contributed by atoms with van der Waals surface area (Å²) in [5.74, 6) is 0.679. The van der Waals surface area contributed by atoms with Crippen molar-refractivity contribution in [2.24, 2.45) is 0 Å². The molecule has 0 amide bonds. The molecule has 0 saturated heterocycles. The summed E-state index contributed by atoms with van der Waals surface area (Å²) in [6.07, 6.45) is 0. The summed E-state index contributed by atoms with van der Waals surface area (Å²) in [6, 6.07) is 88.4. The van der Waals surface area contributed by atoms with Crippen LogP contribution in [0.5, 0.6) is 0 Å². The summed E-state index contributed by atoms with van der Waals surface area (Å²) in [7, 11) is 0. The van der Waals surface area contributed by atoms with Crippen LogP contribution in [0.1, 0.15) is 0 Å². The van der Waals surface area contributed by atoms with E-state index in [4.69, 9.17) is 15.0 Å². The highest BCUT2D eigenvalue weighted by molar-refractivity contribution is 6.29. The van der Waals surface area contributed by atoms with Gasteiger partial charge in [-0.15, -0.1) is 0 Å². The molecule has 0 bridgehead atoms. The summed E-state index contributed by atoms with van der Waals surface area (Å²) < 4.78 is 4.73. The fourth-order valence-corrected chi connectivity index (χ4v) is 10.7. The Morgan fingerprint density at radius 2 is 0.743 bits per heavy atom. The first-order valence-corrected chi connectivity index (χ1v) is 23.8. The van der Waals surface area contributed by atoms with E-state index in [1.165, 1.54) is 49.0 Å². The average Bonchev–Trinajstić information content (AvgIpc) is 3.96. The van der Waals surface area contributed by atoms with Crippen LogP contribution in [0.25, 0.3) is 133 Å². The Kier molecular flexibility index (Phi) is 9.14. The molecule has 4 aromatic heterocycles. The highest BCUT2D eigenvalue weighted by atomic mass is 15.0. The van der Waals surface area contributed by atoms with Gasteiger partial charge < -0.3 is 9.13 Å². The zero-order valence-corrected chi connectivity index (χ0v) is 37.9. The van der Waals surface area contributed by atoms with Crippen LogP contribution in [-0.4, -0.2) is 24.1 Å². The second-order valence-corrected chi connectivity index (χ2v) is 18.0. The maximum atomic E-state index is 5.40. The minimum atomic E-state index is 0.679. The van der Waals surface area contributed by atoms with Crippen LogP contribution in [0.15, 0.2) is 249 Å². The number of nitrogens with zero attached hydrogens (tertiary/aromatic N) is 5. The van der Waals surface area contributed by atoms with Crippen LogP contribution < -0.4 is 0 Å². The molecule has 0 unspecified atom stereocenters. The normalized spacial score (nSPS) is 11.7. The Morgan fingerprint density at radius 3 is 1.40 bits per heavy atom. The highest BCUT2D eigenvalue weighted by Gasteiger charge is 2.21. The first-order chi connectivity index (χ1) is 34.7. The molecule has 0 aliphatic carbocycles. The van der Waals surface area contributed by atoms with Crippen molar-refractivity contribution < 1.29 is 0 Å². The maximum Gasteiger partial charge on any atom is 0.160 e. The van der Waals surface area contributed by atoms with Crippen LogP contribution in [0, 0.1) is 0 Å². The molecular formula is C65H41N5. The average molecular weight is 892 g/mol. The first-order valence-electron chi connectivity index (χ1n) is 23.8. The van der Waals surface area contributed by atoms with Gasteiger partial charge in [-0.3, -0.25) is 0 Å². The zero-order chi connectivity index (χ0) is 46.1. The number of para-hydroxylation sites is 4. The Labute approximate surface area is 403 Å². The van der Waals surface area contributed by atoms with E-state index in [1.807, 2.05) is 6.07 Å². The van der Waals surface area contributed by atoms with Gasteiger partial charge in [0.2, 0.25) is 0 Å². The van der Waals surface area contributed by atoms with Gasteiger partial charge in [-0.05, 0) is 90.0 Å². The summed E-state index contributed by atoms with van der Waals surface area (Å²) >= 11 is 0. The van der Waals surface area contributed by atoms with Gasteiger partial charge in [0.1, 0.15) is 0 Å². The number of hydrogen-bond donors (Lipinski definition) is 0. The minimum absolute atomic E-state index is 0.679. The number of rotatable bonds is 7. The summed E-state index contributed by atoms with van der Waals surface area (Å²) in [6.45, 7) is 0. The molecule has 0 atom stereocenters. The Morgan fingerprint density at radius 1 is 0.257 bits per heavy atom. The molecule has 0 aliphatic heterocycles. The van der Waals surface area contributed by atoms with Gasteiger partial charge in [0.25, 0.3) is 0 Å². The van der Waals surface area contributed by atoms with Crippen molar-refractivity contribution in [3.8, 4) is 67.7 Å². The fraction of sp³-hybridized carbons (Fsp3) is 0. The predicted molar refractivity (Wildman–Crippen MR) is 291 cm³/mol. The van der Waals surface area contributed by atoms with Crippen molar-refractivity contribution in [1.29, 1.82) is 0 Å². The first kappa shape index (κ1) is 39.7. The van der Waals surface area contributed by atoms with Crippen LogP contribution in [0.4, 0.5) is 0 Å². The number of benzene rings is 10. The number of aromatic nitrogens is 5. The molecule has 0 spiro atoms. The molecule has 5 nitrogen and oxygen atoms in total. The second-order valence-electron chi connectivity index (χ2n) is 18.0. The number of hydrogen-bond acceptors (Lipinski definition) is 3. The molecule has 5 heteroatoms. The largest absolute Gasteiger partial charge is 0.309 e. The van der Waals surface area contributed by atoms with Crippen molar-refractivity contribution in [2.45, 2.75) is 0 Å². The van der Waals surface area contributed by atoms with Crippen LogP contribution >= 0.6 is 0 Å². The van der Waals surface area contributed by atoms with Crippen molar-refractivity contribution in [3.63, 3.8) is 0 Å². The lowest BCUT2D eigenvalue weighted by Gasteiger charge is -2.14. The summed E-state index contributed by atoms with van der Waals surface area (Å²) in [4.78, 5) is 15.8. The van der Waals surface area contributed by atoms with Crippen molar-refractivity contribution in [3.05, 3.63) is 249 Å². The lowest BCUT2D eigenvalue weighted by Crippen LogP contribution is -1.97. The number of fused-ring (bicyclic) bond motifs is 10. The van der Waals surface area contributed by atoms with Crippen molar-refractivity contribution in [2.75, 3.05) is 0 Å². The minimum Gasteiger partial charge on any atom is -0.309 e. The second kappa shape index (κ2) is 16.1. The Balaban J connectivity index is 0.891. The highest BCUT2D eigenvalue weighted by Crippen LogP contribution is 2.43. The van der Waals surface area contributed by atoms with E-state index >= 15 is 0 Å². The third-order valence-corrected chi connectivity index (χ3v) is 13.9. The fourth-order valence-electron chi connectivity index (χ4n) is 10.7. The smallest absolute Gasteiger partial charge is 0.160 e. The molecule has 326 valence electrons. The molecule has 0 aliphatic rings. The van der Waals surface area contributed by atoms with E-state index in [0.717, 1.165) is 78.1 Å². The third kappa shape index (κ3) is 6.44. The molecule has 0 radical (unpaired) electrons. The van der Waals surface area contributed by atoms with Crippen LogP contribution in [0.3, 0.4) is 0 Å². The van der Waals surface area contributed by atoms with Gasteiger partial charge in [0, 0.05) is 71.3 Å². The molecule has 70 heavy (non-hydrogen) atoms. The Hall–Kier alpha value is -9.45. The molecule has 10 aromatic carbocycles. The van der Waals surface area contributed by atoms with Crippen molar-refractivity contribution >= 4 is 65.3 Å². The van der Waals surface area contributed by atoms with Crippen LogP contribution in [-0.2, 0) is 0 Å². The molecule has 0 saturated carbocycles. The predicted octanol–water partition coefficient (Wildman–Crippen LogP) is 16.7. The van der Waals surface area contributed by atoms with Gasteiger partial charge in [0.05, 0.1) is 44.7 Å². The van der Waals surface area contributed by atoms with Gasteiger partial charge in [-0.1, -0.05) is 170 Å². The maximum absolute atomic E-state index is 5.40. The zero-order valence-electron chi connectivity index (χ0n) is 37.9. The number of pyridine rings is 1. The van der Waals surface area contributed by atoms with E-state index in [9.17, 15) is 0 Å². The third-order valence-electron chi connectivity index (χ3n) is 13.9. The standard InChI is InChI=1S/C65H41N5/c1-4-16-43(17-5-1)56-41-57(68-65(67-56)46-32-35-49(36-33-46)69-58-25-13-10-22-50(58)51-23-11-14-26-59(51)69)44-30-28-42(29-31-44)47-34-38-55-54(40-47)62-53(64(66-55)45-18-6-2-7-19-45)37-39-61-63(62)52-24-12-15-27-60(52)70(61)48-20-8-3-9-21-48/h1-41H. The SMILES string of the molecule is c1ccc(-c2cc(-c3ccc(-c4ccc5nc(-c6ccccc6)c6ccc7c(c8ccccc8n7-c7ccccc7)c6c5c4)cc3)nc(-c3ccc(-n4c5ccccc5c5ccccc54)cc3)n2)cc1.